The first kappa shape index (κ1) is 72.1. The molecule has 6 heteroatoms. The second kappa shape index (κ2) is 63.6. The first-order valence-electron chi connectivity index (χ1n) is 33.3. The van der Waals surface area contributed by atoms with Gasteiger partial charge in [0.05, 0.1) is 25.4 Å². The summed E-state index contributed by atoms with van der Waals surface area (Å²) in [4.78, 5) is 24.6. The van der Waals surface area contributed by atoms with Crippen molar-refractivity contribution < 1.29 is 24.5 Å². The van der Waals surface area contributed by atoms with Gasteiger partial charge in [-0.15, -0.1) is 0 Å². The molecule has 0 rings (SSSR count). The molecule has 0 aromatic heterocycles. The molecule has 0 saturated heterocycles. The molecule has 0 heterocycles. The van der Waals surface area contributed by atoms with Gasteiger partial charge < -0.3 is 20.3 Å². The van der Waals surface area contributed by atoms with Crippen molar-refractivity contribution >= 4 is 11.9 Å². The van der Waals surface area contributed by atoms with Gasteiger partial charge in [0.1, 0.15) is 0 Å². The Morgan fingerprint density at radius 1 is 0.365 bits per heavy atom. The van der Waals surface area contributed by atoms with Crippen LogP contribution in [-0.4, -0.2) is 47.4 Å². The lowest BCUT2D eigenvalue weighted by Gasteiger charge is -2.20. The molecule has 74 heavy (non-hydrogen) atoms. The molecular weight excluding hydrogens is 911 g/mol. The molecular formula is C68H129NO5. The van der Waals surface area contributed by atoms with Gasteiger partial charge in [0.15, 0.2) is 0 Å². The number of hydrogen-bond acceptors (Lipinski definition) is 5. The van der Waals surface area contributed by atoms with Crippen LogP contribution in [0, 0.1) is 0 Å². The highest BCUT2D eigenvalue weighted by Gasteiger charge is 2.18. The van der Waals surface area contributed by atoms with Crippen LogP contribution in [-0.2, 0) is 14.3 Å². The second-order valence-corrected chi connectivity index (χ2v) is 22.8. The summed E-state index contributed by atoms with van der Waals surface area (Å²) in [5, 5.41) is 23.2. The van der Waals surface area contributed by atoms with Crippen molar-refractivity contribution in [2.24, 2.45) is 0 Å². The molecule has 0 spiro atoms. The number of aliphatic hydroxyl groups excluding tert-OH is 2. The monoisotopic (exact) mass is 1040 g/mol. The van der Waals surface area contributed by atoms with E-state index in [2.05, 4.69) is 43.5 Å². The summed E-state index contributed by atoms with van der Waals surface area (Å²) in [6, 6.07) is -0.642. The Labute approximate surface area is 462 Å². The van der Waals surface area contributed by atoms with Crippen molar-refractivity contribution in [3.63, 3.8) is 0 Å². The third kappa shape index (κ3) is 59.3. The molecule has 0 aliphatic heterocycles. The maximum atomic E-state index is 12.5. The van der Waals surface area contributed by atoms with Gasteiger partial charge in [-0.1, -0.05) is 301 Å². The molecule has 0 aromatic carbocycles. The van der Waals surface area contributed by atoms with Crippen LogP contribution < -0.4 is 5.32 Å². The standard InChI is InChI=1S/C68H129NO5/c1-3-5-7-9-11-13-15-17-19-21-22-23-24-25-26-27-29-32-36-40-44-48-52-56-60-66(71)65(64-70)69-67(72)61-57-53-49-45-41-37-33-30-31-35-39-43-47-51-55-59-63-74-68(73)62-58-54-50-46-42-38-34-28-20-18-16-14-12-10-8-6-4-2/h18,20,30,33,56,60,65-66,70-71H,3-17,19,21-29,31-32,34-55,57-59,61-64H2,1-2H3,(H,69,72)/b20-18-,33-30-,60-56+. The highest BCUT2D eigenvalue weighted by molar-refractivity contribution is 5.76. The lowest BCUT2D eigenvalue weighted by Crippen LogP contribution is -2.45. The van der Waals surface area contributed by atoms with Gasteiger partial charge in [-0.3, -0.25) is 9.59 Å². The zero-order chi connectivity index (χ0) is 53.6. The first-order valence-corrected chi connectivity index (χ1v) is 33.3. The molecule has 2 atom stereocenters. The van der Waals surface area contributed by atoms with E-state index in [0.717, 1.165) is 64.2 Å². The number of nitrogens with one attached hydrogen (secondary N) is 1. The summed E-state index contributed by atoms with van der Waals surface area (Å²) in [5.74, 6) is -0.0885. The van der Waals surface area contributed by atoms with E-state index in [1.165, 1.54) is 270 Å². The second-order valence-electron chi connectivity index (χ2n) is 22.8. The number of esters is 1. The molecule has 6 nitrogen and oxygen atoms in total. The van der Waals surface area contributed by atoms with Gasteiger partial charge in [0.25, 0.3) is 0 Å². The highest BCUT2D eigenvalue weighted by atomic mass is 16.5. The number of carbonyl (C=O) groups excluding carboxylic acids is 2. The third-order valence-electron chi connectivity index (χ3n) is 15.4. The number of aliphatic hydroxyl groups is 2. The number of unbranched alkanes of at least 4 members (excludes halogenated alkanes) is 47. The van der Waals surface area contributed by atoms with Gasteiger partial charge in [0.2, 0.25) is 5.91 Å². The molecule has 0 radical (unpaired) electrons. The van der Waals surface area contributed by atoms with Crippen molar-refractivity contribution in [3.05, 3.63) is 36.5 Å². The summed E-state index contributed by atoms with van der Waals surface area (Å²) < 4.78 is 5.48. The van der Waals surface area contributed by atoms with Crippen LogP contribution in [0.15, 0.2) is 36.5 Å². The highest BCUT2D eigenvalue weighted by Crippen LogP contribution is 2.18. The number of ether oxygens (including phenoxy) is 1. The van der Waals surface area contributed by atoms with Crippen LogP contribution in [0.1, 0.15) is 361 Å². The minimum Gasteiger partial charge on any atom is -0.466 e. The predicted octanol–water partition coefficient (Wildman–Crippen LogP) is 21.1. The summed E-state index contributed by atoms with van der Waals surface area (Å²) in [7, 11) is 0. The Hall–Kier alpha value is -1.92. The van der Waals surface area contributed by atoms with Crippen molar-refractivity contribution in [2.45, 2.75) is 373 Å². The van der Waals surface area contributed by atoms with Gasteiger partial charge in [0, 0.05) is 12.8 Å². The summed E-state index contributed by atoms with van der Waals surface area (Å²) in [5.41, 5.74) is 0. The normalized spacial score (nSPS) is 12.8. The number of carbonyl (C=O) groups is 2. The van der Waals surface area contributed by atoms with Crippen LogP contribution in [0.5, 0.6) is 0 Å². The summed E-state index contributed by atoms with van der Waals surface area (Å²) >= 11 is 0. The maximum Gasteiger partial charge on any atom is 0.305 e. The Kier molecular flexibility index (Phi) is 62.0. The largest absolute Gasteiger partial charge is 0.466 e. The van der Waals surface area contributed by atoms with Crippen LogP contribution in [0.2, 0.25) is 0 Å². The minimum atomic E-state index is -0.857. The average Bonchev–Trinajstić information content (AvgIpc) is 3.40. The molecule has 3 N–H and O–H groups in total. The maximum absolute atomic E-state index is 12.5. The topological polar surface area (TPSA) is 95.9 Å². The van der Waals surface area contributed by atoms with Gasteiger partial charge in [-0.2, -0.15) is 0 Å². The number of hydrogen-bond donors (Lipinski definition) is 3. The Morgan fingerprint density at radius 2 is 0.635 bits per heavy atom. The number of rotatable bonds is 62. The van der Waals surface area contributed by atoms with E-state index in [0.29, 0.717) is 19.4 Å². The molecule has 436 valence electrons. The summed E-state index contributed by atoms with van der Waals surface area (Å²) in [6.07, 6.45) is 80.5. The fourth-order valence-corrected chi connectivity index (χ4v) is 10.3. The van der Waals surface area contributed by atoms with Crippen molar-refractivity contribution in [1.82, 2.24) is 5.32 Å². The molecule has 1 amide bonds. The molecule has 0 saturated carbocycles. The Balaban J connectivity index is 3.48. The SMILES string of the molecule is CCCCCCCC/C=C\CCCCCCCCCC(=O)OCCCCCCCCC/C=C\CCCCCCCC(=O)NC(CO)C(O)/C=C/CCCCCCCCCCCCCCCCCCCCCCCC. The zero-order valence-corrected chi connectivity index (χ0v) is 49.8. The Bertz CT molecular complexity index is 1200. The summed E-state index contributed by atoms with van der Waals surface area (Å²) in [6.45, 7) is 4.90. The van der Waals surface area contributed by atoms with E-state index < -0.39 is 12.1 Å². The number of amides is 1. The van der Waals surface area contributed by atoms with Crippen LogP contribution in [0.3, 0.4) is 0 Å². The minimum absolute atomic E-state index is 0.00658. The first-order chi connectivity index (χ1) is 36.5. The van der Waals surface area contributed by atoms with Gasteiger partial charge >= 0.3 is 5.97 Å². The van der Waals surface area contributed by atoms with E-state index in [4.69, 9.17) is 4.74 Å². The third-order valence-corrected chi connectivity index (χ3v) is 15.4. The lowest BCUT2D eigenvalue weighted by atomic mass is 10.0. The molecule has 0 aliphatic rings. The molecule has 0 aromatic rings. The quantitative estimate of drug-likeness (QED) is 0.0320. The molecule has 2 unspecified atom stereocenters. The van der Waals surface area contributed by atoms with Gasteiger partial charge in [-0.05, 0) is 83.5 Å². The van der Waals surface area contributed by atoms with Crippen LogP contribution in [0.4, 0.5) is 0 Å². The van der Waals surface area contributed by atoms with Crippen LogP contribution >= 0.6 is 0 Å². The van der Waals surface area contributed by atoms with Crippen LogP contribution in [0.25, 0.3) is 0 Å². The van der Waals surface area contributed by atoms with Gasteiger partial charge in [-0.25, -0.2) is 0 Å². The molecule has 0 fully saturated rings. The smallest absolute Gasteiger partial charge is 0.305 e. The molecule has 0 aliphatic carbocycles. The van der Waals surface area contributed by atoms with E-state index in [1.807, 2.05) is 6.08 Å². The number of allylic oxidation sites excluding steroid dienone is 5. The predicted molar refractivity (Wildman–Crippen MR) is 324 cm³/mol. The lowest BCUT2D eigenvalue weighted by molar-refractivity contribution is -0.143. The van der Waals surface area contributed by atoms with Crippen molar-refractivity contribution in [1.29, 1.82) is 0 Å². The van der Waals surface area contributed by atoms with E-state index >= 15 is 0 Å². The van der Waals surface area contributed by atoms with E-state index in [1.54, 1.807) is 6.08 Å². The van der Waals surface area contributed by atoms with E-state index in [-0.39, 0.29) is 18.5 Å². The fourth-order valence-electron chi connectivity index (χ4n) is 10.3. The van der Waals surface area contributed by atoms with E-state index in [9.17, 15) is 19.8 Å². The van der Waals surface area contributed by atoms with Crippen molar-refractivity contribution in [2.75, 3.05) is 13.2 Å². The van der Waals surface area contributed by atoms with Crippen molar-refractivity contribution in [3.8, 4) is 0 Å². The average molecular weight is 1040 g/mol. The Morgan fingerprint density at radius 3 is 0.959 bits per heavy atom. The fraction of sp³-hybridized carbons (Fsp3) is 0.882. The zero-order valence-electron chi connectivity index (χ0n) is 49.8. The molecule has 0 bridgehead atoms.